The Morgan fingerprint density at radius 1 is 0.964 bits per heavy atom. The Morgan fingerprint density at radius 2 is 1.71 bits per heavy atom. The van der Waals surface area contributed by atoms with Gasteiger partial charge in [-0.25, -0.2) is 4.79 Å². The van der Waals surface area contributed by atoms with Gasteiger partial charge in [0.15, 0.2) is 0 Å². The molecule has 0 aromatic heterocycles. The summed E-state index contributed by atoms with van der Waals surface area (Å²) in [5.41, 5.74) is 4.90. The zero-order chi connectivity index (χ0) is 19.9. The zero-order valence-electron chi connectivity index (χ0n) is 16.8. The van der Waals surface area contributed by atoms with Crippen molar-refractivity contribution in [2.24, 2.45) is 0 Å². The predicted molar refractivity (Wildman–Crippen MR) is 109 cm³/mol. The van der Waals surface area contributed by atoms with E-state index >= 15 is 0 Å². The molecule has 0 N–H and O–H groups in total. The SMILES string of the molecule is CCCc1ccc(C(=O)Oc2ccc3c(c2CC(=O)OCC)CCCC3)cc1. The van der Waals surface area contributed by atoms with Crippen LogP contribution in [-0.4, -0.2) is 18.5 Å². The minimum Gasteiger partial charge on any atom is -0.466 e. The predicted octanol–water partition coefficient (Wildman–Crippen LogP) is 4.84. The van der Waals surface area contributed by atoms with Gasteiger partial charge in [-0.15, -0.1) is 0 Å². The van der Waals surface area contributed by atoms with E-state index in [0.717, 1.165) is 49.7 Å². The highest BCUT2D eigenvalue weighted by atomic mass is 16.5. The Morgan fingerprint density at radius 3 is 2.43 bits per heavy atom. The molecule has 4 nitrogen and oxygen atoms in total. The number of carbonyl (C=O) groups excluding carboxylic acids is 2. The Bertz CT molecular complexity index is 836. The number of fused-ring (bicyclic) bond motifs is 1. The van der Waals surface area contributed by atoms with Gasteiger partial charge in [-0.05, 0) is 73.9 Å². The van der Waals surface area contributed by atoms with E-state index in [1.54, 1.807) is 19.1 Å². The summed E-state index contributed by atoms with van der Waals surface area (Å²) in [5, 5.41) is 0. The highest BCUT2D eigenvalue weighted by molar-refractivity contribution is 5.91. The molecule has 0 spiro atoms. The number of esters is 2. The maximum atomic E-state index is 12.7. The van der Waals surface area contributed by atoms with Gasteiger partial charge in [0.1, 0.15) is 5.75 Å². The Hall–Kier alpha value is -2.62. The van der Waals surface area contributed by atoms with Crippen LogP contribution in [0.15, 0.2) is 36.4 Å². The molecule has 0 saturated heterocycles. The quantitative estimate of drug-likeness (QED) is 0.509. The molecule has 0 atom stereocenters. The van der Waals surface area contributed by atoms with Crippen molar-refractivity contribution in [1.82, 2.24) is 0 Å². The second-order valence-electron chi connectivity index (χ2n) is 7.21. The van der Waals surface area contributed by atoms with Crippen LogP contribution < -0.4 is 4.74 Å². The van der Waals surface area contributed by atoms with Crippen LogP contribution in [0, 0.1) is 0 Å². The van der Waals surface area contributed by atoms with Crippen LogP contribution in [0.1, 0.15) is 65.7 Å². The molecule has 2 aromatic carbocycles. The third kappa shape index (κ3) is 4.80. The first kappa shape index (κ1) is 20.1. The maximum absolute atomic E-state index is 12.7. The van der Waals surface area contributed by atoms with E-state index < -0.39 is 5.97 Å². The van der Waals surface area contributed by atoms with Gasteiger partial charge in [-0.1, -0.05) is 31.5 Å². The molecular weight excluding hydrogens is 352 g/mol. The van der Waals surface area contributed by atoms with Crippen LogP contribution in [0.2, 0.25) is 0 Å². The summed E-state index contributed by atoms with van der Waals surface area (Å²) in [5.74, 6) is -0.219. The fraction of sp³-hybridized carbons (Fsp3) is 0.417. The lowest BCUT2D eigenvalue weighted by Gasteiger charge is -2.21. The topological polar surface area (TPSA) is 52.6 Å². The molecule has 28 heavy (non-hydrogen) atoms. The lowest BCUT2D eigenvalue weighted by atomic mass is 9.86. The van der Waals surface area contributed by atoms with E-state index in [9.17, 15) is 9.59 Å². The maximum Gasteiger partial charge on any atom is 0.343 e. The molecule has 1 aliphatic rings. The third-order valence-corrected chi connectivity index (χ3v) is 5.17. The fourth-order valence-electron chi connectivity index (χ4n) is 3.78. The minimum absolute atomic E-state index is 0.134. The summed E-state index contributed by atoms with van der Waals surface area (Å²) in [6, 6.07) is 11.4. The molecule has 1 aliphatic carbocycles. The largest absolute Gasteiger partial charge is 0.466 e. The summed E-state index contributed by atoms with van der Waals surface area (Å²) >= 11 is 0. The molecule has 2 aromatic rings. The van der Waals surface area contributed by atoms with Crippen molar-refractivity contribution in [2.45, 2.75) is 58.8 Å². The van der Waals surface area contributed by atoms with Gasteiger partial charge in [0, 0.05) is 5.56 Å². The zero-order valence-corrected chi connectivity index (χ0v) is 16.8. The monoisotopic (exact) mass is 380 g/mol. The number of hydrogen-bond donors (Lipinski definition) is 0. The van der Waals surface area contributed by atoms with Crippen molar-refractivity contribution in [3.05, 3.63) is 64.2 Å². The van der Waals surface area contributed by atoms with Crippen molar-refractivity contribution in [1.29, 1.82) is 0 Å². The van der Waals surface area contributed by atoms with Gasteiger partial charge in [-0.3, -0.25) is 4.79 Å². The molecule has 0 amide bonds. The third-order valence-electron chi connectivity index (χ3n) is 5.17. The van der Waals surface area contributed by atoms with Crippen molar-refractivity contribution >= 4 is 11.9 Å². The van der Waals surface area contributed by atoms with E-state index in [-0.39, 0.29) is 12.4 Å². The van der Waals surface area contributed by atoms with Gasteiger partial charge >= 0.3 is 11.9 Å². The lowest BCUT2D eigenvalue weighted by Crippen LogP contribution is -2.16. The number of aryl methyl sites for hydroxylation is 2. The second-order valence-corrected chi connectivity index (χ2v) is 7.21. The first-order valence-corrected chi connectivity index (χ1v) is 10.2. The first-order chi connectivity index (χ1) is 13.6. The smallest absolute Gasteiger partial charge is 0.343 e. The van der Waals surface area contributed by atoms with E-state index in [2.05, 4.69) is 6.92 Å². The standard InChI is InChI=1S/C24H28O4/c1-3-7-17-10-12-19(13-11-17)24(26)28-22-15-14-18-8-5-6-9-20(18)21(22)16-23(25)27-4-2/h10-15H,3-9,16H2,1-2H3. The summed E-state index contributed by atoms with van der Waals surface area (Å²) in [7, 11) is 0. The van der Waals surface area contributed by atoms with Crippen LogP contribution >= 0.6 is 0 Å². The summed E-state index contributed by atoms with van der Waals surface area (Å²) in [6.07, 6.45) is 6.32. The van der Waals surface area contributed by atoms with Gasteiger partial charge in [0.05, 0.1) is 18.6 Å². The summed E-state index contributed by atoms with van der Waals surface area (Å²) < 4.78 is 10.9. The molecule has 0 heterocycles. The number of carbonyl (C=O) groups is 2. The molecule has 148 valence electrons. The van der Waals surface area contributed by atoms with Gasteiger partial charge in [0.2, 0.25) is 0 Å². The number of ether oxygens (including phenoxy) is 2. The van der Waals surface area contributed by atoms with Crippen LogP contribution in [0.5, 0.6) is 5.75 Å². The first-order valence-electron chi connectivity index (χ1n) is 10.2. The Labute approximate surface area is 166 Å². The molecule has 0 fully saturated rings. The van der Waals surface area contributed by atoms with E-state index in [1.165, 1.54) is 11.1 Å². The van der Waals surface area contributed by atoms with Crippen LogP contribution in [0.25, 0.3) is 0 Å². The number of rotatable bonds is 7. The second kappa shape index (κ2) is 9.54. The van der Waals surface area contributed by atoms with Crippen molar-refractivity contribution < 1.29 is 19.1 Å². The van der Waals surface area contributed by atoms with Crippen molar-refractivity contribution in [3.63, 3.8) is 0 Å². The van der Waals surface area contributed by atoms with Gasteiger partial charge < -0.3 is 9.47 Å². The minimum atomic E-state index is -0.399. The highest BCUT2D eigenvalue weighted by Crippen LogP contribution is 2.32. The van der Waals surface area contributed by atoms with Gasteiger partial charge in [-0.2, -0.15) is 0 Å². The molecular formula is C24H28O4. The van der Waals surface area contributed by atoms with E-state index in [1.807, 2.05) is 24.3 Å². The molecule has 0 radical (unpaired) electrons. The molecule has 0 unspecified atom stereocenters. The number of hydrogen-bond acceptors (Lipinski definition) is 4. The molecule has 0 bridgehead atoms. The van der Waals surface area contributed by atoms with Crippen molar-refractivity contribution in [3.8, 4) is 5.75 Å². The number of benzene rings is 2. The fourth-order valence-corrected chi connectivity index (χ4v) is 3.78. The van der Waals surface area contributed by atoms with E-state index in [0.29, 0.717) is 17.9 Å². The summed E-state index contributed by atoms with van der Waals surface area (Å²) in [6.45, 7) is 4.26. The van der Waals surface area contributed by atoms with Crippen LogP contribution in [0.4, 0.5) is 0 Å². The Balaban J connectivity index is 1.85. The molecule has 3 rings (SSSR count). The summed E-state index contributed by atoms with van der Waals surface area (Å²) in [4.78, 5) is 24.8. The van der Waals surface area contributed by atoms with Crippen LogP contribution in [0.3, 0.4) is 0 Å². The van der Waals surface area contributed by atoms with Crippen LogP contribution in [-0.2, 0) is 35.2 Å². The van der Waals surface area contributed by atoms with E-state index in [4.69, 9.17) is 9.47 Å². The molecule has 0 saturated carbocycles. The average Bonchev–Trinajstić information content (AvgIpc) is 2.70. The van der Waals surface area contributed by atoms with Gasteiger partial charge in [0.25, 0.3) is 0 Å². The average molecular weight is 380 g/mol. The lowest BCUT2D eigenvalue weighted by molar-refractivity contribution is -0.142. The normalized spacial score (nSPS) is 12.9. The molecule has 4 heteroatoms. The van der Waals surface area contributed by atoms with Crippen molar-refractivity contribution in [2.75, 3.05) is 6.61 Å². The Kier molecular flexibility index (Phi) is 6.85. The molecule has 0 aliphatic heterocycles. The highest BCUT2D eigenvalue weighted by Gasteiger charge is 2.22.